The Morgan fingerprint density at radius 1 is 0.971 bits per heavy atom. The number of nitrogens with zero attached hydrogens (tertiary/aromatic N) is 3. The minimum Gasteiger partial charge on any atom is -0.497 e. The van der Waals surface area contributed by atoms with Crippen molar-refractivity contribution < 1.29 is 22.7 Å². The second-order valence-electron chi connectivity index (χ2n) is 8.34. The van der Waals surface area contributed by atoms with Crippen LogP contribution in [0.2, 0.25) is 0 Å². The summed E-state index contributed by atoms with van der Waals surface area (Å²) in [7, 11) is 0.409. The van der Waals surface area contributed by atoms with Crippen molar-refractivity contribution in [2.45, 2.75) is 39.4 Å². The van der Waals surface area contributed by atoms with Gasteiger partial charge in [-0.3, -0.25) is 9.59 Å². The fourth-order valence-corrected chi connectivity index (χ4v) is 4.28. The van der Waals surface area contributed by atoms with Gasteiger partial charge in [-0.15, -0.1) is 0 Å². The minimum absolute atomic E-state index is 0.108. The second kappa shape index (κ2) is 11.8. The van der Waals surface area contributed by atoms with Crippen molar-refractivity contribution >= 4 is 27.7 Å². The van der Waals surface area contributed by atoms with E-state index in [9.17, 15) is 18.0 Å². The summed E-state index contributed by atoms with van der Waals surface area (Å²) in [6.45, 7) is 4.97. The number of hydrogen-bond donors (Lipinski definition) is 1. The van der Waals surface area contributed by atoms with Crippen LogP contribution in [0.3, 0.4) is 0 Å². The first-order valence-electron chi connectivity index (χ1n) is 10.9. The van der Waals surface area contributed by atoms with Crippen molar-refractivity contribution in [3.63, 3.8) is 0 Å². The zero-order chi connectivity index (χ0) is 25.5. The lowest BCUT2D eigenvalue weighted by Crippen LogP contribution is -2.53. The van der Waals surface area contributed by atoms with Gasteiger partial charge in [-0.2, -0.15) is 12.7 Å². The molecule has 0 saturated carbocycles. The predicted molar refractivity (Wildman–Crippen MR) is 133 cm³/mol. The highest BCUT2D eigenvalue weighted by Gasteiger charge is 2.32. The molecule has 0 radical (unpaired) electrons. The molecule has 0 aliphatic rings. The molecule has 0 fully saturated rings. The van der Waals surface area contributed by atoms with E-state index in [0.717, 1.165) is 14.2 Å². The van der Waals surface area contributed by atoms with Crippen molar-refractivity contribution in [2.75, 3.05) is 32.1 Å². The molecule has 9 nitrogen and oxygen atoms in total. The summed E-state index contributed by atoms with van der Waals surface area (Å²) in [4.78, 5) is 27.7. The summed E-state index contributed by atoms with van der Waals surface area (Å²) in [5.41, 5.74) is 1.13. The first-order chi connectivity index (χ1) is 16.0. The Bertz CT molecular complexity index is 1060. The van der Waals surface area contributed by atoms with E-state index in [1.807, 2.05) is 13.8 Å². The summed E-state index contributed by atoms with van der Waals surface area (Å²) in [5, 5.41) is 2.82. The number of carbonyl (C=O) groups is 2. The normalized spacial score (nSPS) is 12.4. The third-order valence-electron chi connectivity index (χ3n) is 5.17. The molecule has 0 aromatic heterocycles. The quantitative estimate of drug-likeness (QED) is 0.521. The van der Waals surface area contributed by atoms with Crippen LogP contribution in [0.25, 0.3) is 0 Å². The smallest absolute Gasteiger partial charge is 0.304 e. The van der Waals surface area contributed by atoms with Gasteiger partial charge in [0.2, 0.25) is 11.8 Å². The highest BCUT2D eigenvalue weighted by molar-refractivity contribution is 7.90. The van der Waals surface area contributed by atoms with Gasteiger partial charge in [0.1, 0.15) is 18.3 Å². The van der Waals surface area contributed by atoms with E-state index in [4.69, 9.17) is 4.74 Å². The van der Waals surface area contributed by atoms with Crippen molar-refractivity contribution in [1.82, 2.24) is 14.5 Å². The van der Waals surface area contributed by atoms with Crippen molar-refractivity contribution in [1.29, 1.82) is 0 Å². The van der Waals surface area contributed by atoms with E-state index in [2.05, 4.69) is 5.32 Å². The third-order valence-corrected chi connectivity index (χ3v) is 6.99. The molecule has 0 aliphatic carbocycles. The molecule has 0 bridgehead atoms. The van der Waals surface area contributed by atoms with Gasteiger partial charge in [-0.25, -0.2) is 4.31 Å². The molecule has 1 N–H and O–H groups in total. The molecule has 2 rings (SSSR count). The van der Waals surface area contributed by atoms with Gasteiger partial charge in [0.25, 0.3) is 0 Å². The molecule has 2 amide bonds. The molecule has 2 aromatic carbocycles. The molecule has 1 unspecified atom stereocenters. The van der Waals surface area contributed by atoms with Gasteiger partial charge in [-0.05, 0) is 50.6 Å². The largest absolute Gasteiger partial charge is 0.497 e. The van der Waals surface area contributed by atoms with Crippen LogP contribution >= 0.6 is 0 Å². The Labute approximate surface area is 202 Å². The van der Waals surface area contributed by atoms with Gasteiger partial charge >= 0.3 is 10.2 Å². The van der Waals surface area contributed by atoms with Crippen molar-refractivity contribution in [3.05, 3.63) is 60.2 Å². The maximum absolute atomic E-state index is 13.6. The molecular formula is C24H34N4O5S. The number of hydrogen-bond acceptors (Lipinski definition) is 5. The Kier molecular flexibility index (Phi) is 9.46. The molecule has 34 heavy (non-hydrogen) atoms. The monoisotopic (exact) mass is 490 g/mol. The fourth-order valence-electron chi connectivity index (χ4n) is 3.23. The second-order valence-corrected chi connectivity index (χ2v) is 10.4. The number of methoxy groups -OCH3 is 1. The molecule has 0 spiro atoms. The number of anilines is 1. The lowest BCUT2D eigenvalue weighted by Gasteiger charge is -2.33. The van der Waals surface area contributed by atoms with E-state index in [-0.39, 0.29) is 18.5 Å². The molecular weight excluding hydrogens is 456 g/mol. The summed E-state index contributed by atoms with van der Waals surface area (Å²) >= 11 is 0. The fraction of sp³-hybridized carbons (Fsp3) is 0.417. The van der Waals surface area contributed by atoms with Gasteiger partial charge in [-0.1, -0.05) is 30.3 Å². The van der Waals surface area contributed by atoms with Crippen molar-refractivity contribution in [3.8, 4) is 5.75 Å². The van der Waals surface area contributed by atoms with Crippen LogP contribution in [0.1, 0.15) is 26.3 Å². The van der Waals surface area contributed by atoms with Crippen LogP contribution in [0.5, 0.6) is 5.75 Å². The van der Waals surface area contributed by atoms with Crippen LogP contribution in [0, 0.1) is 0 Å². The van der Waals surface area contributed by atoms with Crippen LogP contribution < -0.4 is 14.4 Å². The SMILES string of the molecule is COc1ccc(CN(C(=O)CN(c2ccccc2)S(=O)(=O)N(C)C)C(C)C(=O)NC(C)C)cc1. The minimum atomic E-state index is -3.97. The summed E-state index contributed by atoms with van der Waals surface area (Å²) in [6.07, 6.45) is 0. The summed E-state index contributed by atoms with van der Waals surface area (Å²) in [6, 6.07) is 14.6. The van der Waals surface area contributed by atoms with Crippen LogP contribution in [0.15, 0.2) is 54.6 Å². The summed E-state index contributed by atoms with van der Waals surface area (Å²) < 4.78 is 33.4. The summed E-state index contributed by atoms with van der Waals surface area (Å²) in [5.74, 6) is -0.158. The average molecular weight is 491 g/mol. The number of rotatable bonds is 11. The number of nitrogens with one attached hydrogen (secondary N) is 1. The Morgan fingerprint density at radius 3 is 2.06 bits per heavy atom. The third kappa shape index (κ3) is 6.94. The molecule has 10 heteroatoms. The highest BCUT2D eigenvalue weighted by Crippen LogP contribution is 2.21. The topological polar surface area (TPSA) is 99.3 Å². The average Bonchev–Trinajstić information content (AvgIpc) is 2.80. The van der Waals surface area contributed by atoms with E-state index in [0.29, 0.717) is 11.4 Å². The van der Waals surface area contributed by atoms with E-state index in [1.54, 1.807) is 68.6 Å². The Balaban J connectivity index is 2.41. The van der Waals surface area contributed by atoms with Gasteiger partial charge in [0.15, 0.2) is 0 Å². The maximum atomic E-state index is 13.6. The first-order valence-corrected chi connectivity index (χ1v) is 12.3. The Morgan fingerprint density at radius 2 is 1.56 bits per heavy atom. The number of benzene rings is 2. The molecule has 0 aliphatic heterocycles. The first kappa shape index (κ1) is 27.1. The van der Waals surface area contributed by atoms with E-state index < -0.39 is 28.7 Å². The van der Waals surface area contributed by atoms with E-state index >= 15 is 0 Å². The van der Waals surface area contributed by atoms with Crippen LogP contribution in [0.4, 0.5) is 5.69 Å². The lowest BCUT2D eigenvalue weighted by atomic mass is 10.1. The zero-order valence-electron chi connectivity index (χ0n) is 20.6. The van der Waals surface area contributed by atoms with Crippen LogP contribution in [-0.2, 0) is 26.3 Å². The van der Waals surface area contributed by atoms with Gasteiger partial charge in [0, 0.05) is 26.7 Å². The number of carbonyl (C=O) groups excluding carboxylic acids is 2. The van der Waals surface area contributed by atoms with E-state index in [1.165, 1.54) is 19.0 Å². The molecule has 1 atom stereocenters. The molecule has 0 saturated heterocycles. The molecule has 2 aromatic rings. The van der Waals surface area contributed by atoms with Gasteiger partial charge < -0.3 is 15.0 Å². The standard InChI is InChI=1S/C24H34N4O5S/c1-18(2)25-24(30)19(3)27(16-20-12-14-22(33-6)15-13-20)23(29)17-28(34(31,32)26(4)5)21-10-8-7-9-11-21/h7-15,18-19H,16-17H2,1-6H3,(H,25,30). The highest BCUT2D eigenvalue weighted by atomic mass is 32.2. The number of amides is 2. The zero-order valence-corrected chi connectivity index (χ0v) is 21.4. The predicted octanol–water partition coefficient (Wildman–Crippen LogP) is 2.25. The Hall–Kier alpha value is -3.11. The number of para-hydroxylation sites is 1. The van der Waals surface area contributed by atoms with Crippen LogP contribution in [-0.4, -0.2) is 69.3 Å². The van der Waals surface area contributed by atoms with Gasteiger partial charge in [0.05, 0.1) is 12.8 Å². The molecule has 0 heterocycles. The molecule has 186 valence electrons. The van der Waals surface area contributed by atoms with Crippen molar-refractivity contribution in [2.24, 2.45) is 0 Å². The number of ether oxygens (including phenoxy) is 1. The maximum Gasteiger partial charge on any atom is 0.304 e. The lowest BCUT2D eigenvalue weighted by molar-refractivity contribution is -0.139.